The Morgan fingerprint density at radius 1 is 0.947 bits per heavy atom. The van der Waals surface area contributed by atoms with Crippen molar-refractivity contribution < 1.29 is 0 Å². The zero-order valence-electron chi connectivity index (χ0n) is 10.5. The second-order valence-electron chi connectivity index (χ2n) is 4.18. The van der Waals surface area contributed by atoms with Crippen molar-refractivity contribution in [2.75, 3.05) is 12.0 Å². The van der Waals surface area contributed by atoms with Crippen LogP contribution in [0.25, 0.3) is 22.3 Å². The van der Waals surface area contributed by atoms with Gasteiger partial charge in [0.05, 0.1) is 5.52 Å². The first kappa shape index (κ1) is 12.0. The largest absolute Gasteiger partial charge is 0.383 e. The third-order valence-corrected chi connectivity index (χ3v) is 3.72. The highest BCUT2D eigenvalue weighted by atomic mass is 32.2. The molecule has 3 nitrogen and oxygen atoms in total. The highest BCUT2D eigenvalue weighted by Crippen LogP contribution is 2.24. The lowest BCUT2D eigenvalue weighted by atomic mass is 10.2. The van der Waals surface area contributed by atoms with Gasteiger partial charge in [0.15, 0.2) is 5.82 Å². The highest BCUT2D eigenvalue weighted by Gasteiger charge is 2.06. The van der Waals surface area contributed by atoms with Gasteiger partial charge in [-0.25, -0.2) is 9.97 Å². The van der Waals surface area contributed by atoms with Crippen LogP contribution in [0.2, 0.25) is 0 Å². The van der Waals surface area contributed by atoms with E-state index in [1.54, 1.807) is 11.8 Å². The average molecular weight is 267 g/mol. The summed E-state index contributed by atoms with van der Waals surface area (Å²) in [6.07, 6.45) is 2.06. The van der Waals surface area contributed by atoms with Crippen LogP contribution >= 0.6 is 11.8 Å². The molecular weight excluding hydrogens is 254 g/mol. The number of hydrogen-bond acceptors (Lipinski definition) is 4. The molecule has 19 heavy (non-hydrogen) atoms. The van der Waals surface area contributed by atoms with Gasteiger partial charge in [0.2, 0.25) is 0 Å². The first-order valence-electron chi connectivity index (χ1n) is 5.94. The number of fused-ring (bicyclic) bond motifs is 1. The number of anilines is 1. The van der Waals surface area contributed by atoms with Crippen molar-refractivity contribution in [3.63, 3.8) is 0 Å². The minimum atomic E-state index is 0.523. The number of nitrogens with zero attached hydrogens (tertiary/aromatic N) is 2. The maximum atomic E-state index is 6.00. The quantitative estimate of drug-likeness (QED) is 0.721. The van der Waals surface area contributed by atoms with E-state index in [1.165, 1.54) is 4.90 Å². The third-order valence-electron chi connectivity index (χ3n) is 2.98. The number of nitrogen functional groups attached to an aromatic ring is 1. The first-order chi connectivity index (χ1) is 9.28. The summed E-state index contributed by atoms with van der Waals surface area (Å²) in [6, 6.07) is 16.0. The summed E-state index contributed by atoms with van der Waals surface area (Å²) >= 11 is 1.71. The van der Waals surface area contributed by atoms with Gasteiger partial charge in [-0.1, -0.05) is 24.3 Å². The Bertz CT molecular complexity index is 723. The Morgan fingerprint density at radius 2 is 1.68 bits per heavy atom. The Balaban J connectivity index is 2.14. The van der Waals surface area contributed by atoms with Crippen molar-refractivity contribution in [1.29, 1.82) is 0 Å². The number of para-hydroxylation sites is 1. The third kappa shape index (κ3) is 2.27. The molecule has 0 bridgehead atoms. The van der Waals surface area contributed by atoms with E-state index in [4.69, 9.17) is 5.73 Å². The molecular formula is C15H13N3S. The number of aromatic nitrogens is 2. The average Bonchev–Trinajstić information content (AvgIpc) is 2.47. The number of rotatable bonds is 2. The van der Waals surface area contributed by atoms with Crippen LogP contribution in [0.4, 0.5) is 5.82 Å². The van der Waals surface area contributed by atoms with Crippen molar-refractivity contribution in [3.05, 3.63) is 48.5 Å². The minimum Gasteiger partial charge on any atom is -0.383 e. The molecule has 2 aromatic carbocycles. The summed E-state index contributed by atoms with van der Waals surface area (Å²) in [6.45, 7) is 0. The van der Waals surface area contributed by atoms with E-state index < -0.39 is 0 Å². The van der Waals surface area contributed by atoms with Crippen LogP contribution < -0.4 is 5.73 Å². The maximum absolute atomic E-state index is 6.00. The molecule has 0 radical (unpaired) electrons. The van der Waals surface area contributed by atoms with Crippen molar-refractivity contribution in [2.24, 2.45) is 0 Å². The molecule has 94 valence electrons. The number of hydrogen-bond donors (Lipinski definition) is 1. The topological polar surface area (TPSA) is 51.8 Å². The summed E-state index contributed by atoms with van der Waals surface area (Å²) in [5.74, 6) is 1.19. The van der Waals surface area contributed by atoms with Crippen molar-refractivity contribution in [3.8, 4) is 11.4 Å². The molecule has 0 spiro atoms. The van der Waals surface area contributed by atoms with Gasteiger partial charge in [-0.3, -0.25) is 0 Å². The van der Waals surface area contributed by atoms with Gasteiger partial charge in [-0.05, 0) is 30.5 Å². The van der Waals surface area contributed by atoms with Gasteiger partial charge in [0.25, 0.3) is 0 Å². The zero-order chi connectivity index (χ0) is 13.2. The van der Waals surface area contributed by atoms with Crippen LogP contribution in [-0.4, -0.2) is 16.2 Å². The number of nitrogens with two attached hydrogens (primary N) is 1. The molecule has 0 amide bonds. The SMILES string of the molecule is CSc1ccc(-c2nc(N)c3ccccc3n2)cc1. The van der Waals surface area contributed by atoms with Gasteiger partial charge < -0.3 is 5.73 Å². The van der Waals surface area contributed by atoms with Gasteiger partial charge in [0, 0.05) is 15.8 Å². The molecule has 0 atom stereocenters. The standard InChI is InChI=1S/C15H13N3S/c1-19-11-8-6-10(7-9-11)15-17-13-5-3-2-4-12(13)14(16)18-15/h2-9H,1H3,(H2,16,17,18). The fourth-order valence-electron chi connectivity index (χ4n) is 1.97. The number of thioether (sulfide) groups is 1. The molecule has 1 aromatic heterocycles. The lowest BCUT2D eigenvalue weighted by Crippen LogP contribution is -1.97. The van der Waals surface area contributed by atoms with Gasteiger partial charge in [-0.2, -0.15) is 0 Å². The summed E-state index contributed by atoms with van der Waals surface area (Å²) < 4.78 is 0. The summed E-state index contributed by atoms with van der Waals surface area (Å²) in [5.41, 5.74) is 7.85. The molecule has 0 aliphatic rings. The molecule has 0 aliphatic carbocycles. The molecule has 0 saturated heterocycles. The van der Waals surface area contributed by atoms with E-state index in [1.807, 2.05) is 36.4 Å². The Kier molecular flexibility index (Phi) is 3.09. The molecule has 3 rings (SSSR count). The van der Waals surface area contributed by atoms with Crippen LogP contribution in [0.3, 0.4) is 0 Å². The first-order valence-corrected chi connectivity index (χ1v) is 7.17. The normalized spacial score (nSPS) is 10.8. The Hall–Kier alpha value is -2.07. The fraction of sp³-hybridized carbons (Fsp3) is 0.0667. The molecule has 0 unspecified atom stereocenters. The monoisotopic (exact) mass is 267 g/mol. The van der Waals surface area contributed by atoms with E-state index in [2.05, 4.69) is 28.4 Å². The van der Waals surface area contributed by atoms with E-state index in [0.29, 0.717) is 11.6 Å². The van der Waals surface area contributed by atoms with Crippen LogP contribution in [0, 0.1) is 0 Å². The van der Waals surface area contributed by atoms with Gasteiger partial charge >= 0.3 is 0 Å². The van der Waals surface area contributed by atoms with E-state index in [9.17, 15) is 0 Å². The van der Waals surface area contributed by atoms with Crippen LogP contribution in [0.1, 0.15) is 0 Å². The van der Waals surface area contributed by atoms with Gasteiger partial charge in [0.1, 0.15) is 5.82 Å². The van der Waals surface area contributed by atoms with Crippen LogP contribution in [0.5, 0.6) is 0 Å². The minimum absolute atomic E-state index is 0.523. The maximum Gasteiger partial charge on any atom is 0.162 e. The summed E-state index contributed by atoms with van der Waals surface area (Å²) in [4.78, 5) is 10.2. The second-order valence-corrected chi connectivity index (χ2v) is 5.06. The summed E-state index contributed by atoms with van der Waals surface area (Å²) in [7, 11) is 0. The van der Waals surface area contributed by atoms with Crippen LogP contribution in [0.15, 0.2) is 53.4 Å². The molecule has 2 N–H and O–H groups in total. The highest BCUT2D eigenvalue weighted by molar-refractivity contribution is 7.98. The molecule has 3 aromatic rings. The lowest BCUT2D eigenvalue weighted by Gasteiger charge is -2.05. The molecule has 0 fully saturated rings. The summed E-state index contributed by atoms with van der Waals surface area (Å²) in [5, 5.41) is 0.895. The van der Waals surface area contributed by atoms with Crippen LogP contribution in [-0.2, 0) is 0 Å². The predicted molar refractivity (Wildman–Crippen MR) is 81.2 cm³/mol. The zero-order valence-corrected chi connectivity index (χ0v) is 11.3. The predicted octanol–water partition coefficient (Wildman–Crippen LogP) is 3.60. The van der Waals surface area contributed by atoms with Crippen molar-refractivity contribution in [1.82, 2.24) is 9.97 Å². The lowest BCUT2D eigenvalue weighted by molar-refractivity contribution is 1.23. The van der Waals surface area contributed by atoms with Gasteiger partial charge in [-0.15, -0.1) is 11.8 Å². The smallest absolute Gasteiger partial charge is 0.162 e. The fourth-order valence-corrected chi connectivity index (χ4v) is 2.38. The van der Waals surface area contributed by atoms with Crippen molar-refractivity contribution >= 4 is 28.5 Å². The molecule has 4 heteroatoms. The van der Waals surface area contributed by atoms with E-state index in [0.717, 1.165) is 16.5 Å². The second kappa shape index (κ2) is 4.90. The Morgan fingerprint density at radius 3 is 2.42 bits per heavy atom. The number of benzene rings is 2. The Labute approximate surface area is 115 Å². The van der Waals surface area contributed by atoms with E-state index >= 15 is 0 Å². The molecule has 1 heterocycles. The molecule has 0 aliphatic heterocycles. The molecule has 0 saturated carbocycles. The van der Waals surface area contributed by atoms with E-state index in [-0.39, 0.29) is 0 Å². The van der Waals surface area contributed by atoms with Crippen molar-refractivity contribution in [2.45, 2.75) is 4.90 Å².